The zero-order valence-electron chi connectivity index (χ0n) is 18.3. The Morgan fingerprint density at radius 1 is 1.06 bits per heavy atom. The summed E-state index contributed by atoms with van der Waals surface area (Å²) < 4.78 is 13.5. The third-order valence-corrected chi connectivity index (χ3v) is 8.40. The summed E-state index contributed by atoms with van der Waals surface area (Å²) in [6.45, 7) is 2.29. The van der Waals surface area contributed by atoms with Crippen molar-refractivity contribution in [2.24, 2.45) is 29.4 Å². The third-order valence-electron chi connectivity index (χ3n) is 8.40. The lowest BCUT2D eigenvalue weighted by Gasteiger charge is -2.60. The molecule has 5 fully saturated rings. The van der Waals surface area contributed by atoms with E-state index in [1.807, 2.05) is 0 Å². The van der Waals surface area contributed by atoms with Gasteiger partial charge in [0.1, 0.15) is 5.82 Å². The second kappa shape index (κ2) is 8.19. The summed E-state index contributed by atoms with van der Waals surface area (Å²) in [5.74, 6) is 1.70. The summed E-state index contributed by atoms with van der Waals surface area (Å²) in [6, 6.07) is 6.58. The number of primary amides is 1. The van der Waals surface area contributed by atoms with Gasteiger partial charge in [-0.3, -0.25) is 14.5 Å². The monoisotopic (exact) mass is 427 g/mol. The molecule has 0 aromatic heterocycles. The van der Waals surface area contributed by atoms with E-state index >= 15 is 0 Å². The molecule has 1 aromatic rings. The highest BCUT2D eigenvalue weighted by Crippen LogP contribution is 2.58. The summed E-state index contributed by atoms with van der Waals surface area (Å²) >= 11 is 0. The van der Waals surface area contributed by atoms with Crippen molar-refractivity contribution in [3.63, 3.8) is 0 Å². The van der Waals surface area contributed by atoms with Crippen LogP contribution in [0.4, 0.5) is 4.39 Å². The number of amides is 2. The van der Waals surface area contributed by atoms with Gasteiger partial charge in [-0.15, -0.1) is 0 Å². The molecule has 2 N–H and O–H groups in total. The first-order valence-electron chi connectivity index (χ1n) is 12.0. The zero-order chi connectivity index (χ0) is 21.6. The molecule has 6 heteroatoms. The first kappa shape index (κ1) is 20.9. The smallest absolute Gasteiger partial charge is 0.237 e. The molecule has 0 spiro atoms. The van der Waals surface area contributed by atoms with Crippen molar-refractivity contribution in [3.05, 3.63) is 35.6 Å². The number of hydrogen-bond donors (Lipinski definition) is 1. The molecule has 168 valence electrons. The van der Waals surface area contributed by atoms with E-state index in [2.05, 4.69) is 9.80 Å². The summed E-state index contributed by atoms with van der Waals surface area (Å²) in [5.41, 5.74) is 6.47. The molecule has 5 nitrogen and oxygen atoms in total. The van der Waals surface area contributed by atoms with E-state index < -0.39 is 0 Å². The number of nitrogens with two attached hydrogens (primary N) is 1. The maximum absolute atomic E-state index is 13.8. The van der Waals surface area contributed by atoms with Crippen LogP contribution < -0.4 is 5.73 Å². The number of carbonyl (C=O) groups is 2. The molecule has 1 heterocycles. The van der Waals surface area contributed by atoms with E-state index in [9.17, 15) is 14.0 Å². The number of carbonyl (C=O) groups excluding carboxylic acids is 2. The predicted octanol–water partition coefficient (Wildman–Crippen LogP) is 3.32. The van der Waals surface area contributed by atoms with Crippen LogP contribution in [0.25, 0.3) is 0 Å². The predicted molar refractivity (Wildman–Crippen MR) is 116 cm³/mol. The van der Waals surface area contributed by atoms with Crippen LogP contribution >= 0.6 is 0 Å². The zero-order valence-corrected chi connectivity index (χ0v) is 18.3. The maximum atomic E-state index is 13.8. The second-order valence-electron chi connectivity index (χ2n) is 10.7. The van der Waals surface area contributed by atoms with Crippen LogP contribution in [0.5, 0.6) is 0 Å². The lowest BCUT2D eigenvalue weighted by atomic mass is 9.52. The normalized spacial score (nSPS) is 34.6. The minimum atomic E-state index is -0.263. The van der Waals surface area contributed by atoms with Crippen molar-refractivity contribution < 1.29 is 14.0 Å². The molecule has 2 amide bonds. The van der Waals surface area contributed by atoms with Gasteiger partial charge in [-0.2, -0.15) is 0 Å². The Kier molecular flexibility index (Phi) is 5.53. The molecule has 5 aliphatic rings. The number of benzene rings is 1. The highest BCUT2D eigenvalue weighted by atomic mass is 19.1. The van der Waals surface area contributed by atoms with Gasteiger partial charge in [0.25, 0.3) is 0 Å². The number of likely N-dealkylation sites (tertiary alicyclic amines) is 1. The van der Waals surface area contributed by atoms with E-state index in [4.69, 9.17) is 5.73 Å². The lowest BCUT2D eigenvalue weighted by Crippen LogP contribution is -2.62. The lowest BCUT2D eigenvalue weighted by molar-refractivity contribution is -0.154. The van der Waals surface area contributed by atoms with E-state index in [1.54, 1.807) is 12.1 Å². The Morgan fingerprint density at radius 3 is 2.26 bits per heavy atom. The maximum Gasteiger partial charge on any atom is 0.237 e. The van der Waals surface area contributed by atoms with E-state index in [1.165, 1.54) is 31.4 Å². The Hall–Kier alpha value is -1.95. The standard InChI is InChI=1S/C25H34FN3O2/c26-22-5-3-17(4-6-22)14-29(23(30)16-28-7-1-2-21(15-28)24(27)31)25-11-18-8-19(12-25)10-20(9-18)13-25/h3-6,18-21H,1-2,7-16H2,(H2,27,31)/t18?,19?,20?,21-,25?/m1/s1. The molecule has 4 saturated carbocycles. The largest absolute Gasteiger partial charge is 0.369 e. The van der Waals surface area contributed by atoms with Gasteiger partial charge in [-0.1, -0.05) is 12.1 Å². The van der Waals surface area contributed by atoms with Gasteiger partial charge in [-0.25, -0.2) is 4.39 Å². The van der Waals surface area contributed by atoms with Gasteiger partial charge in [0.15, 0.2) is 0 Å². The fourth-order valence-corrected chi connectivity index (χ4v) is 7.40. The van der Waals surface area contributed by atoms with E-state index in [-0.39, 0.29) is 29.1 Å². The summed E-state index contributed by atoms with van der Waals surface area (Å²) in [5, 5.41) is 0. The molecule has 31 heavy (non-hydrogen) atoms. The molecule has 1 aliphatic heterocycles. The SMILES string of the molecule is NC(=O)[C@@H]1CCCN(CC(=O)N(Cc2ccc(F)cc2)C23CC4CC(CC(C4)C2)C3)C1. The number of nitrogens with zero attached hydrogens (tertiary/aromatic N) is 2. The van der Waals surface area contributed by atoms with Crippen molar-refractivity contribution in [1.82, 2.24) is 9.80 Å². The first-order chi connectivity index (χ1) is 14.9. The molecule has 1 saturated heterocycles. The van der Waals surface area contributed by atoms with Crippen LogP contribution in [0.1, 0.15) is 56.9 Å². The van der Waals surface area contributed by atoms with Crippen molar-refractivity contribution in [3.8, 4) is 0 Å². The second-order valence-corrected chi connectivity index (χ2v) is 10.7. The average molecular weight is 428 g/mol. The molecular formula is C25H34FN3O2. The van der Waals surface area contributed by atoms with E-state index in [0.717, 1.165) is 62.0 Å². The number of halogens is 1. The minimum absolute atomic E-state index is 0.0565. The Morgan fingerprint density at radius 2 is 1.68 bits per heavy atom. The highest BCUT2D eigenvalue weighted by molar-refractivity contribution is 5.80. The number of piperidine rings is 1. The fourth-order valence-electron chi connectivity index (χ4n) is 7.40. The Balaban J connectivity index is 1.38. The molecular weight excluding hydrogens is 393 g/mol. The summed E-state index contributed by atoms with van der Waals surface area (Å²) in [6.07, 6.45) is 9.00. The summed E-state index contributed by atoms with van der Waals surface area (Å²) in [7, 11) is 0. The minimum Gasteiger partial charge on any atom is -0.369 e. The van der Waals surface area contributed by atoms with Crippen LogP contribution in [0.15, 0.2) is 24.3 Å². The first-order valence-corrected chi connectivity index (χ1v) is 12.0. The van der Waals surface area contributed by atoms with Crippen LogP contribution in [-0.2, 0) is 16.1 Å². The fraction of sp³-hybridized carbons (Fsp3) is 0.680. The number of rotatable bonds is 6. The molecule has 1 aromatic carbocycles. The Labute approximate surface area is 184 Å². The molecule has 1 atom stereocenters. The van der Waals surface area contributed by atoms with Crippen molar-refractivity contribution in [2.75, 3.05) is 19.6 Å². The van der Waals surface area contributed by atoms with E-state index in [0.29, 0.717) is 19.6 Å². The highest BCUT2D eigenvalue weighted by Gasteiger charge is 2.54. The van der Waals surface area contributed by atoms with Crippen molar-refractivity contribution in [2.45, 2.75) is 63.5 Å². The van der Waals surface area contributed by atoms with Gasteiger partial charge < -0.3 is 10.6 Å². The molecule has 0 unspecified atom stereocenters. The van der Waals surface area contributed by atoms with Gasteiger partial charge in [0, 0.05) is 18.6 Å². The topological polar surface area (TPSA) is 66.6 Å². The van der Waals surface area contributed by atoms with Gasteiger partial charge in [-0.05, 0) is 93.4 Å². The van der Waals surface area contributed by atoms with Gasteiger partial charge >= 0.3 is 0 Å². The molecule has 0 radical (unpaired) electrons. The average Bonchev–Trinajstić information content (AvgIpc) is 2.72. The van der Waals surface area contributed by atoms with Crippen LogP contribution in [0, 0.1) is 29.5 Å². The third kappa shape index (κ3) is 4.23. The summed E-state index contributed by atoms with van der Waals surface area (Å²) in [4.78, 5) is 29.7. The van der Waals surface area contributed by atoms with Crippen molar-refractivity contribution in [1.29, 1.82) is 0 Å². The van der Waals surface area contributed by atoms with Gasteiger partial charge in [0.2, 0.25) is 11.8 Å². The van der Waals surface area contributed by atoms with Gasteiger partial charge in [0.05, 0.1) is 12.5 Å². The van der Waals surface area contributed by atoms with Crippen LogP contribution in [-0.4, -0.2) is 46.8 Å². The molecule has 6 rings (SSSR count). The quantitative estimate of drug-likeness (QED) is 0.757. The number of hydrogen-bond acceptors (Lipinski definition) is 3. The van der Waals surface area contributed by atoms with Crippen molar-refractivity contribution >= 4 is 11.8 Å². The van der Waals surface area contributed by atoms with Crippen LogP contribution in [0.2, 0.25) is 0 Å². The van der Waals surface area contributed by atoms with Crippen LogP contribution in [0.3, 0.4) is 0 Å². The molecule has 4 aliphatic carbocycles. The Bertz CT molecular complexity index is 804. The molecule has 4 bridgehead atoms.